The predicted molar refractivity (Wildman–Crippen MR) is 59.0 cm³/mol. The van der Waals surface area contributed by atoms with E-state index in [0.29, 0.717) is 4.47 Å². The van der Waals surface area contributed by atoms with E-state index >= 15 is 0 Å². The van der Waals surface area contributed by atoms with E-state index < -0.39 is 4.92 Å². The molecular formula is C10H9BrNO2. The molecule has 1 aromatic rings. The average molecular weight is 255 g/mol. The van der Waals surface area contributed by atoms with Gasteiger partial charge in [-0.1, -0.05) is 19.1 Å². The molecule has 0 bridgehead atoms. The van der Waals surface area contributed by atoms with Crippen LogP contribution in [-0.2, 0) is 0 Å². The molecule has 0 spiro atoms. The van der Waals surface area contributed by atoms with E-state index in [2.05, 4.69) is 22.5 Å². The van der Waals surface area contributed by atoms with E-state index in [0.717, 1.165) is 11.5 Å². The summed E-state index contributed by atoms with van der Waals surface area (Å²) in [4.78, 5) is 10.2. The van der Waals surface area contributed by atoms with Gasteiger partial charge in [0.25, 0.3) is 5.69 Å². The minimum absolute atomic E-state index is 0.0729. The highest BCUT2D eigenvalue weighted by Gasteiger charge is 2.13. The van der Waals surface area contributed by atoms with Crippen LogP contribution in [0.3, 0.4) is 0 Å². The van der Waals surface area contributed by atoms with Crippen LogP contribution >= 0.6 is 15.9 Å². The predicted octanol–water partition coefficient (Wildman–Crippen LogP) is 3.49. The van der Waals surface area contributed by atoms with Crippen molar-refractivity contribution in [2.45, 2.75) is 6.92 Å². The summed E-state index contributed by atoms with van der Waals surface area (Å²) in [7, 11) is 0. The summed E-state index contributed by atoms with van der Waals surface area (Å²) in [5, 5.41) is 10.6. The molecule has 73 valence electrons. The van der Waals surface area contributed by atoms with Gasteiger partial charge in [-0.25, -0.2) is 0 Å². The molecule has 0 aromatic heterocycles. The molecule has 0 unspecified atom stereocenters. The van der Waals surface area contributed by atoms with E-state index in [1.165, 1.54) is 6.07 Å². The number of nitro groups is 1. The summed E-state index contributed by atoms with van der Waals surface area (Å²) >= 11 is 3.13. The second-order valence-electron chi connectivity index (χ2n) is 2.81. The number of rotatable bonds is 3. The Labute approximate surface area is 90.7 Å². The van der Waals surface area contributed by atoms with Gasteiger partial charge in [0.1, 0.15) is 0 Å². The Kier molecular flexibility index (Phi) is 3.41. The maximum absolute atomic E-state index is 10.6. The molecule has 0 atom stereocenters. The zero-order valence-electron chi connectivity index (χ0n) is 7.66. The van der Waals surface area contributed by atoms with Crippen molar-refractivity contribution in [3.63, 3.8) is 0 Å². The molecule has 1 rings (SSSR count). The lowest BCUT2D eigenvalue weighted by molar-refractivity contribution is -0.385. The van der Waals surface area contributed by atoms with E-state index in [1.54, 1.807) is 12.1 Å². The normalized spacial score (nSPS) is 10.2. The molecule has 0 aliphatic carbocycles. The zero-order chi connectivity index (χ0) is 10.7. The largest absolute Gasteiger partial charge is 0.283 e. The Morgan fingerprint density at radius 1 is 1.64 bits per heavy atom. The molecule has 14 heavy (non-hydrogen) atoms. The Balaban J connectivity index is 3.19. The summed E-state index contributed by atoms with van der Waals surface area (Å²) in [6, 6.07) is 5.01. The molecule has 0 aliphatic heterocycles. The van der Waals surface area contributed by atoms with Crippen molar-refractivity contribution in [3.05, 3.63) is 56.9 Å². The lowest BCUT2D eigenvalue weighted by Crippen LogP contribution is -1.94. The van der Waals surface area contributed by atoms with E-state index in [9.17, 15) is 10.1 Å². The molecule has 0 fully saturated rings. The fourth-order valence-electron chi connectivity index (χ4n) is 1.02. The molecule has 3 nitrogen and oxygen atoms in total. The summed E-state index contributed by atoms with van der Waals surface area (Å²) in [5.74, 6) is 0.917. The van der Waals surface area contributed by atoms with Gasteiger partial charge in [0.05, 0.1) is 9.40 Å². The van der Waals surface area contributed by atoms with Crippen molar-refractivity contribution >= 4 is 21.6 Å². The third-order valence-corrected chi connectivity index (χ3v) is 2.57. The third-order valence-electron chi connectivity index (χ3n) is 1.90. The van der Waals surface area contributed by atoms with Gasteiger partial charge < -0.3 is 0 Å². The molecule has 1 radical (unpaired) electrons. The van der Waals surface area contributed by atoms with Crippen LogP contribution in [0.15, 0.2) is 35.3 Å². The molecule has 0 amide bonds. The highest BCUT2D eigenvalue weighted by Crippen LogP contribution is 2.28. The molecule has 0 saturated carbocycles. The van der Waals surface area contributed by atoms with Crippen molar-refractivity contribution < 1.29 is 4.92 Å². The fraction of sp³-hybridized carbons (Fsp3) is 0.100. The number of halogens is 1. The molecule has 0 saturated heterocycles. The SMILES string of the molecule is C=C[C](C)c1ccc(Br)c([N+](=O)[O-])c1. The van der Waals surface area contributed by atoms with Crippen LogP contribution in [-0.4, -0.2) is 4.92 Å². The quantitative estimate of drug-likeness (QED) is 0.612. The zero-order valence-corrected chi connectivity index (χ0v) is 9.24. The fourth-order valence-corrected chi connectivity index (χ4v) is 1.41. The van der Waals surface area contributed by atoms with E-state index in [-0.39, 0.29) is 5.69 Å². The topological polar surface area (TPSA) is 43.1 Å². The summed E-state index contributed by atoms with van der Waals surface area (Å²) in [6.45, 7) is 5.48. The summed E-state index contributed by atoms with van der Waals surface area (Å²) < 4.78 is 0.489. The van der Waals surface area contributed by atoms with Crippen molar-refractivity contribution in [3.8, 4) is 0 Å². The number of nitro benzene ring substituents is 1. The van der Waals surface area contributed by atoms with Crippen LogP contribution in [0.4, 0.5) is 5.69 Å². The smallest absolute Gasteiger partial charge is 0.258 e. The minimum Gasteiger partial charge on any atom is -0.258 e. The minimum atomic E-state index is -0.413. The monoisotopic (exact) mass is 254 g/mol. The molecule has 0 aliphatic rings. The third kappa shape index (κ3) is 2.20. The molecule has 4 heteroatoms. The Morgan fingerprint density at radius 3 is 2.79 bits per heavy atom. The Hall–Kier alpha value is -1.16. The Bertz CT molecular complexity index is 376. The van der Waals surface area contributed by atoms with Gasteiger partial charge in [-0.3, -0.25) is 10.1 Å². The highest BCUT2D eigenvalue weighted by atomic mass is 79.9. The van der Waals surface area contributed by atoms with Gasteiger partial charge in [0.2, 0.25) is 0 Å². The van der Waals surface area contributed by atoms with Crippen LogP contribution in [0.1, 0.15) is 12.5 Å². The maximum Gasteiger partial charge on any atom is 0.283 e. The van der Waals surface area contributed by atoms with Crippen molar-refractivity contribution in [1.82, 2.24) is 0 Å². The first kappa shape index (κ1) is 10.9. The first-order chi connectivity index (χ1) is 6.56. The average Bonchev–Trinajstić information content (AvgIpc) is 2.17. The van der Waals surface area contributed by atoms with Gasteiger partial charge in [0.15, 0.2) is 0 Å². The number of hydrogen-bond acceptors (Lipinski definition) is 2. The van der Waals surface area contributed by atoms with Crippen molar-refractivity contribution in [1.29, 1.82) is 0 Å². The molecule has 0 N–H and O–H groups in total. The van der Waals surface area contributed by atoms with Gasteiger partial charge >= 0.3 is 0 Å². The number of benzene rings is 1. The highest BCUT2D eigenvalue weighted by molar-refractivity contribution is 9.10. The number of nitrogens with zero attached hydrogens (tertiary/aromatic N) is 1. The first-order valence-electron chi connectivity index (χ1n) is 3.96. The van der Waals surface area contributed by atoms with Crippen LogP contribution in [0.25, 0.3) is 0 Å². The Morgan fingerprint density at radius 2 is 2.29 bits per heavy atom. The van der Waals surface area contributed by atoms with Gasteiger partial charge in [0, 0.05) is 12.0 Å². The lowest BCUT2D eigenvalue weighted by Gasteiger charge is -2.05. The second-order valence-corrected chi connectivity index (χ2v) is 3.66. The van der Waals surface area contributed by atoms with Crippen LogP contribution in [0.5, 0.6) is 0 Å². The summed E-state index contributed by atoms with van der Waals surface area (Å²) in [6.07, 6.45) is 1.67. The molecular weight excluding hydrogens is 246 g/mol. The van der Waals surface area contributed by atoms with Gasteiger partial charge in [-0.05, 0) is 27.6 Å². The van der Waals surface area contributed by atoms with Crippen LogP contribution in [0.2, 0.25) is 0 Å². The molecule has 1 aromatic carbocycles. The van der Waals surface area contributed by atoms with E-state index in [1.807, 2.05) is 13.0 Å². The first-order valence-corrected chi connectivity index (χ1v) is 4.76. The summed E-state index contributed by atoms with van der Waals surface area (Å²) in [5.41, 5.74) is 0.888. The van der Waals surface area contributed by atoms with Crippen LogP contribution < -0.4 is 0 Å². The second kappa shape index (κ2) is 4.37. The number of allylic oxidation sites excluding steroid dienone is 1. The van der Waals surface area contributed by atoms with Crippen LogP contribution in [0, 0.1) is 16.0 Å². The van der Waals surface area contributed by atoms with Crippen molar-refractivity contribution in [2.24, 2.45) is 0 Å². The number of hydrogen-bond donors (Lipinski definition) is 0. The molecule has 0 heterocycles. The lowest BCUT2D eigenvalue weighted by atomic mass is 10.0. The van der Waals surface area contributed by atoms with Crippen molar-refractivity contribution in [2.75, 3.05) is 0 Å². The van der Waals surface area contributed by atoms with Gasteiger partial charge in [-0.15, -0.1) is 6.58 Å². The van der Waals surface area contributed by atoms with Gasteiger partial charge in [-0.2, -0.15) is 0 Å². The van der Waals surface area contributed by atoms with E-state index in [4.69, 9.17) is 0 Å². The standard InChI is InChI=1S/C10H9BrNO2/c1-3-7(2)8-4-5-9(11)10(6-8)12(13)14/h3-6H,1H2,2H3. The maximum atomic E-state index is 10.6.